The van der Waals surface area contributed by atoms with Gasteiger partial charge in [0.15, 0.2) is 11.6 Å². The van der Waals surface area contributed by atoms with Gasteiger partial charge in [-0.1, -0.05) is 55.0 Å². The molecule has 0 radical (unpaired) electrons. The van der Waals surface area contributed by atoms with Crippen molar-refractivity contribution in [3.05, 3.63) is 77.3 Å². The zero-order valence-electron chi connectivity index (χ0n) is 19.4. The molecule has 0 spiro atoms. The molecule has 6 nitrogen and oxygen atoms in total. The lowest BCUT2D eigenvalue weighted by atomic mass is 10.1. The van der Waals surface area contributed by atoms with Gasteiger partial charge >= 0.3 is 0 Å². The fourth-order valence-corrected chi connectivity index (χ4v) is 4.94. The highest BCUT2D eigenvalue weighted by atomic mass is 16.3. The first kappa shape index (κ1) is 20.7. The van der Waals surface area contributed by atoms with Crippen LogP contribution in [0.25, 0.3) is 33.1 Å². The summed E-state index contributed by atoms with van der Waals surface area (Å²) in [7, 11) is 0. The topological polar surface area (TPSA) is 73.0 Å². The van der Waals surface area contributed by atoms with Crippen LogP contribution in [0.4, 0.5) is 5.69 Å². The standard InChI is InChI=1S/C28H26N4O2/c1-17-11-12-20(27-31-30-24-10-4-3-7-15-32(24)27)16-23(17)29-28(33)25-18(2)21-14-13-19-8-5-6-9-22(19)26(21)34-25/h5-6,8-9,11-14,16H,3-4,7,10,15H2,1-2H3,(H,29,33). The highest BCUT2D eigenvalue weighted by Gasteiger charge is 2.21. The van der Waals surface area contributed by atoms with Crippen LogP contribution < -0.4 is 5.32 Å². The van der Waals surface area contributed by atoms with Crippen molar-refractivity contribution < 1.29 is 9.21 Å². The van der Waals surface area contributed by atoms with Crippen molar-refractivity contribution in [2.75, 3.05) is 5.32 Å². The van der Waals surface area contributed by atoms with Gasteiger partial charge in [0.2, 0.25) is 0 Å². The second-order valence-corrected chi connectivity index (χ2v) is 9.11. The summed E-state index contributed by atoms with van der Waals surface area (Å²) in [5, 5.41) is 15.0. The SMILES string of the molecule is Cc1ccc(-c2nnc3n2CCCCC3)cc1NC(=O)c1oc2c(ccc3ccccc32)c1C. The number of hydrogen-bond acceptors (Lipinski definition) is 4. The van der Waals surface area contributed by atoms with E-state index in [2.05, 4.69) is 26.1 Å². The number of aromatic nitrogens is 3. The van der Waals surface area contributed by atoms with Gasteiger partial charge in [-0.05, 0) is 43.7 Å². The van der Waals surface area contributed by atoms with E-state index in [9.17, 15) is 4.79 Å². The van der Waals surface area contributed by atoms with Crippen molar-refractivity contribution in [1.82, 2.24) is 14.8 Å². The number of amides is 1. The van der Waals surface area contributed by atoms with E-state index < -0.39 is 0 Å². The molecule has 1 aliphatic rings. The van der Waals surface area contributed by atoms with Gasteiger partial charge in [0.05, 0.1) is 0 Å². The van der Waals surface area contributed by atoms with Crippen LogP contribution >= 0.6 is 0 Å². The summed E-state index contributed by atoms with van der Waals surface area (Å²) in [5.74, 6) is 1.99. The number of nitrogens with one attached hydrogen (secondary N) is 1. The van der Waals surface area contributed by atoms with Crippen molar-refractivity contribution >= 4 is 33.3 Å². The number of fused-ring (bicyclic) bond motifs is 4. The molecule has 0 saturated heterocycles. The van der Waals surface area contributed by atoms with Crippen LogP contribution in [-0.4, -0.2) is 20.7 Å². The summed E-state index contributed by atoms with van der Waals surface area (Å²) >= 11 is 0. The smallest absolute Gasteiger partial charge is 0.291 e. The second-order valence-electron chi connectivity index (χ2n) is 9.11. The van der Waals surface area contributed by atoms with E-state index in [1.165, 1.54) is 6.42 Å². The monoisotopic (exact) mass is 450 g/mol. The normalized spacial score (nSPS) is 13.7. The Kier molecular flexibility index (Phi) is 4.94. The summed E-state index contributed by atoms with van der Waals surface area (Å²) in [5.41, 5.74) is 4.27. The average Bonchev–Trinajstić information content (AvgIpc) is 3.32. The first-order valence-corrected chi connectivity index (χ1v) is 11.9. The van der Waals surface area contributed by atoms with Crippen LogP contribution in [-0.2, 0) is 13.0 Å². The number of furan rings is 1. The van der Waals surface area contributed by atoms with Gasteiger partial charge in [-0.3, -0.25) is 4.79 Å². The minimum absolute atomic E-state index is 0.252. The third-order valence-electron chi connectivity index (χ3n) is 6.89. The number of hydrogen-bond donors (Lipinski definition) is 1. The summed E-state index contributed by atoms with van der Waals surface area (Å²) in [4.78, 5) is 13.3. The molecule has 3 aromatic carbocycles. The van der Waals surface area contributed by atoms with E-state index in [-0.39, 0.29) is 5.91 Å². The lowest BCUT2D eigenvalue weighted by Crippen LogP contribution is -2.13. The molecule has 0 fully saturated rings. The summed E-state index contributed by atoms with van der Waals surface area (Å²) in [6, 6.07) is 18.2. The Labute approximate surface area is 197 Å². The van der Waals surface area contributed by atoms with Crippen LogP contribution in [0, 0.1) is 13.8 Å². The Bertz CT molecular complexity index is 1560. The number of nitrogens with zero attached hydrogens (tertiary/aromatic N) is 3. The summed E-state index contributed by atoms with van der Waals surface area (Å²) in [6.45, 7) is 4.85. The maximum atomic E-state index is 13.3. The molecule has 34 heavy (non-hydrogen) atoms. The lowest BCUT2D eigenvalue weighted by Gasteiger charge is -2.11. The zero-order chi connectivity index (χ0) is 23.2. The summed E-state index contributed by atoms with van der Waals surface area (Å²) in [6.07, 6.45) is 4.46. The molecule has 6 heteroatoms. The molecule has 3 heterocycles. The fraction of sp³-hybridized carbons (Fsp3) is 0.250. The van der Waals surface area contributed by atoms with Gasteiger partial charge in [-0.15, -0.1) is 10.2 Å². The van der Waals surface area contributed by atoms with Gasteiger partial charge in [0, 0.05) is 40.6 Å². The van der Waals surface area contributed by atoms with Crippen molar-refractivity contribution in [1.29, 1.82) is 0 Å². The first-order valence-electron chi connectivity index (χ1n) is 11.9. The predicted octanol–water partition coefficient (Wildman–Crippen LogP) is 6.44. The molecule has 0 aliphatic carbocycles. The Morgan fingerprint density at radius 1 is 0.971 bits per heavy atom. The highest BCUT2D eigenvalue weighted by molar-refractivity contribution is 6.11. The van der Waals surface area contributed by atoms with Crippen molar-refractivity contribution in [2.24, 2.45) is 0 Å². The number of rotatable bonds is 3. The molecule has 5 aromatic rings. The first-order chi connectivity index (χ1) is 16.6. The molecule has 170 valence electrons. The average molecular weight is 451 g/mol. The van der Waals surface area contributed by atoms with Crippen LogP contribution in [0.3, 0.4) is 0 Å². The number of carbonyl (C=O) groups excluding carboxylic acids is 1. The van der Waals surface area contributed by atoms with Crippen molar-refractivity contribution in [3.63, 3.8) is 0 Å². The van der Waals surface area contributed by atoms with E-state index in [4.69, 9.17) is 4.42 Å². The number of anilines is 1. The second kappa shape index (κ2) is 8.13. The van der Waals surface area contributed by atoms with Gasteiger partial charge in [0.1, 0.15) is 11.4 Å². The van der Waals surface area contributed by atoms with E-state index in [1.807, 2.05) is 62.4 Å². The van der Waals surface area contributed by atoms with Crippen LogP contribution in [0.1, 0.15) is 46.8 Å². The largest absolute Gasteiger partial charge is 0.450 e. The molecule has 6 rings (SSSR count). The van der Waals surface area contributed by atoms with Crippen molar-refractivity contribution in [3.8, 4) is 11.4 Å². The van der Waals surface area contributed by atoms with Crippen LogP contribution in [0.5, 0.6) is 0 Å². The third kappa shape index (κ3) is 3.37. The highest BCUT2D eigenvalue weighted by Crippen LogP contribution is 2.33. The molecule has 0 unspecified atom stereocenters. The van der Waals surface area contributed by atoms with E-state index in [0.29, 0.717) is 5.76 Å². The maximum Gasteiger partial charge on any atom is 0.291 e. The minimum Gasteiger partial charge on any atom is -0.450 e. The van der Waals surface area contributed by atoms with Crippen LogP contribution in [0.2, 0.25) is 0 Å². The molecule has 0 atom stereocenters. The zero-order valence-corrected chi connectivity index (χ0v) is 19.4. The molecular weight excluding hydrogens is 424 g/mol. The van der Waals surface area contributed by atoms with Gasteiger partial charge < -0.3 is 14.3 Å². The Morgan fingerprint density at radius 3 is 2.76 bits per heavy atom. The lowest BCUT2D eigenvalue weighted by molar-refractivity contribution is 0.0998. The Hall–Kier alpha value is -3.93. The van der Waals surface area contributed by atoms with Crippen LogP contribution in [0.15, 0.2) is 59.0 Å². The van der Waals surface area contributed by atoms with Crippen molar-refractivity contribution in [2.45, 2.75) is 46.1 Å². The Balaban J connectivity index is 1.36. The van der Waals surface area contributed by atoms with E-state index >= 15 is 0 Å². The van der Waals surface area contributed by atoms with E-state index in [0.717, 1.165) is 81.6 Å². The molecule has 1 N–H and O–H groups in total. The number of carbonyl (C=O) groups is 1. The molecule has 1 aliphatic heterocycles. The maximum absolute atomic E-state index is 13.3. The summed E-state index contributed by atoms with van der Waals surface area (Å²) < 4.78 is 8.36. The molecule has 2 aromatic heterocycles. The van der Waals surface area contributed by atoms with Gasteiger partial charge in [-0.2, -0.15) is 0 Å². The van der Waals surface area contributed by atoms with Gasteiger partial charge in [0.25, 0.3) is 5.91 Å². The van der Waals surface area contributed by atoms with Gasteiger partial charge in [-0.25, -0.2) is 0 Å². The Morgan fingerprint density at radius 2 is 1.85 bits per heavy atom. The fourth-order valence-electron chi connectivity index (χ4n) is 4.94. The molecular formula is C28H26N4O2. The molecule has 0 bridgehead atoms. The quantitative estimate of drug-likeness (QED) is 0.343. The minimum atomic E-state index is -0.252. The number of benzene rings is 3. The predicted molar refractivity (Wildman–Crippen MR) is 134 cm³/mol. The molecule has 1 amide bonds. The number of aryl methyl sites for hydroxylation is 3. The third-order valence-corrected chi connectivity index (χ3v) is 6.89. The molecule has 0 saturated carbocycles. The van der Waals surface area contributed by atoms with E-state index in [1.54, 1.807) is 0 Å².